The molecule has 2 atom stereocenters. The molecule has 88 valence electrons. The van der Waals surface area contributed by atoms with Gasteiger partial charge in [-0.25, -0.2) is 0 Å². The van der Waals surface area contributed by atoms with Crippen LogP contribution in [0.3, 0.4) is 0 Å². The maximum atomic E-state index is 5.90. The monoisotopic (exact) mass is 237 g/mol. The van der Waals surface area contributed by atoms with Crippen LogP contribution >= 0.6 is 11.6 Å². The summed E-state index contributed by atoms with van der Waals surface area (Å²) in [6, 6.07) is 8.30. The molecule has 2 rings (SSSR count). The number of nitrogens with one attached hydrogen (secondary N) is 1. The Balaban J connectivity index is 1.91. The fourth-order valence-corrected chi connectivity index (χ4v) is 2.68. The first-order valence-electron chi connectivity index (χ1n) is 6.22. The van der Waals surface area contributed by atoms with Gasteiger partial charge in [0.25, 0.3) is 0 Å². The third-order valence-corrected chi connectivity index (χ3v) is 3.78. The second-order valence-corrected chi connectivity index (χ2v) is 5.34. The van der Waals surface area contributed by atoms with Gasteiger partial charge in [-0.1, -0.05) is 30.7 Å². The summed E-state index contributed by atoms with van der Waals surface area (Å²) in [6.45, 7) is 4.71. The van der Waals surface area contributed by atoms with Gasteiger partial charge in [0.1, 0.15) is 0 Å². The molecular weight excluding hydrogens is 218 g/mol. The fourth-order valence-electron chi connectivity index (χ4n) is 2.55. The summed E-state index contributed by atoms with van der Waals surface area (Å²) in [5, 5.41) is 4.31. The predicted octanol–water partition coefficient (Wildman–Crippen LogP) is 3.83. The van der Waals surface area contributed by atoms with Gasteiger partial charge in [0.15, 0.2) is 0 Å². The zero-order valence-electron chi connectivity index (χ0n) is 9.88. The molecule has 1 nitrogen and oxygen atoms in total. The highest BCUT2D eigenvalue weighted by molar-refractivity contribution is 6.30. The third kappa shape index (κ3) is 3.23. The maximum Gasteiger partial charge on any atom is 0.0406 e. The highest BCUT2D eigenvalue weighted by Crippen LogP contribution is 2.27. The minimum absolute atomic E-state index is 0.641. The van der Waals surface area contributed by atoms with Crippen molar-refractivity contribution < 1.29 is 0 Å². The lowest BCUT2D eigenvalue weighted by Gasteiger charge is -2.25. The van der Waals surface area contributed by atoms with Crippen molar-refractivity contribution in [1.29, 1.82) is 0 Å². The smallest absolute Gasteiger partial charge is 0.0406 e. The second kappa shape index (κ2) is 5.70. The van der Waals surface area contributed by atoms with Gasteiger partial charge in [0.05, 0.1) is 0 Å². The number of benzene rings is 1. The Morgan fingerprint density at radius 3 is 2.75 bits per heavy atom. The van der Waals surface area contributed by atoms with E-state index in [0.717, 1.165) is 10.9 Å². The minimum atomic E-state index is 0.641. The Hall–Kier alpha value is -0.530. The number of hydrogen-bond acceptors (Lipinski definition) is 1. The molecule has 1 fully saturated rings. The van der Waals surface area contributed by atoms with E-state index in [-0.39, 0.29) is 0 Å². The van der Waals surface area contributed by atoms with E-state index in [4.69, 9.17) is 11.6 Å². The Kier molecular flexibility index (Phi) is 4.25. The lowest BCUT2D eigenvalue weighted by molar-refractivity contribution is 0.340. The van der Waals surface area contributed by atoms with Crippen LogP contribution in [0.2, 0.25) is 5.02 Å². The topological polar surface area (TPSA) is 12.0 Å². The van der Waals surface area contributed by atoms with Crippen LogP contribution < -0.4 is 5.32 Å². The van der Waals surface area contributed by atoms with Gasteiger partial charge in [-0.2, -0.15) is 0 Å². The molecule has 1 aromatic carbocycles. The molecule has 1 aliphatic rings. The van der Waals surface area contributed by atoms with Crippen LogP contribution in [0.25, 0.3) is 0 Å². The molecule has 1 heterocycles. The van der Waals surface area contributed by atoms with Crippen molar-refractivity contribution in [3.05, 3.63) is 34.9 Å². The van der Waals surface area contributed by atoms with Crippen LogP contribution in [0.4, 0.5) is 0 Å². The van der Waals surface area contributed by atoms with Gasteiger partial charge in [0.2, 0.25) is 0 Å². The van der Waals surface area contributed by atoms with Crippen LogP contribution in [0.1, 0.15) is 37.7 Å². The molecule has 0 bridgehead atoms. The lowest BCUT2D eigenvalue weighted by atomic mass is 9.86. The summed E-state index contributed by atoms with van der Waals surface area (Å²) < 4.78 is 0. The van der Waals surface area contributed by atoms with E-state index < -0.39 is 0 Å². The normalized spacial score (nSPS) is 23.0. The lowest BCUT2D eigenvalue weighted by Crippen LogP contribution is -2.30. The van der Waals surface area contributed by atoms with Crippen molar-refractivity contribution in [3.63, 3.8) is 0 Å². The van der Waals surface area contributed by atoms with Crippen LogP contribution in [0.5, 0.6) is 0 Å². The quantitative estimate of drug-likeness (QED) is 0.843. The van der Waals surface area contributed by atoms with Crippen molar-refractivity contribution in [2.45, 2.75) is 32.1 Å². The van der Waals surface area contributed by atoms with E-state index >= 15 is 0 Å². The second-order valence-electron chi connectivity index (χ2n) is 4.90. The van der Waals surface area contributed by atoms with Crippen LogP contribution in [0.15, 0.2) is 24.3 Å². The summed E-state index contributed by atoms with van der Waals surface area (Å²) in [5.41, 5.74) is 1.41. The minimum Gasteiger partial charge on any atom is -0.316 e. The Bertz CT molecular complexity index is 314. The summed E-state index contributed by atoms with van der Waals surface area (Å²) in [6.07, 6.45) is 4.00. The molecule has 2 unspecified atom stereocenters. The van der Waals surface area contributed by atoms with Gasteiger partial charge >= 0.3 is 0 Å². The highest BCUT2D eigenvalue weighted by Gasteiger charge is 2.16. The SMILES string of the molecule is CC(CC1CCCNC1)c1ccc(Cl)cc1. The molecule has 0 saturated carbocycles. The molecule has 0 aliphatic carbocycles. The van der Waals surface area contributed by atoms with Crippen LogP contribution in [-0.2, 0) is 0 Å². The first-order chi connectivity index (χ1) is 7.75. The molecule has 16 heavy (non-hydrogen) atoms. The summed E-state index contributed by atoms with van der Waals surface area (Å²) in [7, 11) is 0. The molecule has 2 heteroatoms. The predicted molar refractivity (Wildman–Crippen MR) is 70.1 cm³/mol. The van der Waals surface area contributed by atoms with E-state index in [1.165, 1.54) is 37.9 Å². The fraction of sp³-hybridized carbons (Fsp3) is 0.571. The van der Waals surface area contributed by atoms with E-state index in [0.29, 0.717) is 5.92 Å². The van der Waals surface area contributed by atoms with Gasteiger partial charge < -0.3 is 5.32 Å². The summed E-state index contributed by atoms with van der Waals surface area (Å²) in [4.78, 5) is 0. The number of rotatable bonds is 3. The first-order valence-corrected chi connectivity index (χ1v) is 6.59. The molecule has 0 amide bonds. The average molecular weight is 238 g/mol. The Morgan fingerprint density at radius 1 is 1.38 bits per heavy atom. The van der Waals surface area contributed by atoms with Crippen LogP contribution in [-0.4, -0.2) is 13.1 Å². The van der Waals surface area contributed by atoms with Crippen molar-refractivity contribution in [3.8, 4) is 0 Å². The highest BCUT2D eigenvalue weighted by atomic mass is 35.5. The molecule has 1 aliphatic heterocycles. The number of halogens is 1. The largest absolute Gasteiger partial charge is 0.316 e. The van der Waals surface area contributed by atoms with Crippen LogP contribution in [0, 0.1) is 5.92 Å². The molecule has 1 N–H and O–H groups in total. The van der Waals surface area contributed by atoms with Crippen molar-refractivity contribution >= 4 is 11.6 Å². The molecule has 1 saturated heterocycles. The molecule has 0 spiro atoms. The molecular formula is C14H20ClN. The van der Waals surface area contributed by atoms with Gasteiger partial charge in [-0.15, -0.1) is 0 Å². The third-order valence-electron chi connectivity index (χ3n) is 3.52. The first kappa shape index (κ1) is 11.9. The van der Waals surface area contributed by atoms with E-state index in [2.05, 4.69) is 24.4 Å². The number of piperidine rings is 1. The average Bonchev–Trinajstić information content (AvgIpc) is 2.31. The molecule has 0 radical (unpaired) electrons. The molecule has 1 aromatic rings. The van der Waals surface area contributed by atoms with Crippen molar-refractivity contribution in [2.75, 3.05) is 13.1 Å². The Morgan fingerprint density at radius 2 is 2.12 bits per heavy atom. The van der Waals surface area contributed by atoms with Gasteiger partial charge in [0, 0.05) is 5.02 Å². The zero-order valence-corrected chi connectivity index (χ0v) is 10.6. The van der Waals surface area contributed by atoms with Gasteiger partial charge in [-0.05, 0) is 61.9 Å². The van der Waals surface area contributed by atoms with Crippen molar-refractivity contribution in [1.82, 2.24) is 5.32 Å². The molecule has 0 aromatic heterocycles. The maximum absolute atomic E-state index is 5.90. The van der Waals surface area contributed by atoms with E-state index in [1.54, 1.807) is 0 Å². The van der Waals surface area contributed by atoms with Gasteiger partial charge in [-0.3, -0.25) is 0 Å². The van der Waals surface area contributed by atoms with E-state index in [9.17, 15) is 0 Å². The van der Waals surface area contributed by atoms with E-state index in [1.807, 2.05) is 12.1 Å². The zero-order chi connectivity index (χ0) is 11.4. The Labute approximate surface area is 103 Å². The number of hydrogen-bond donors (Lipinski definition) is 1. The van der Waals surface area contributed by atoms with Crippen molar-refractivity contribution in [2.24, 2.45) is 5.92 Å². The summed E-state index contributed by atoms with van der Waals surface area (Å²) in [5.74, 6) is 1.49. The summed E-state index contributed by atoms with van der Waals surface area (Å²) >= 11 is 5.90. The standard InChI is InChI=1S/C14H20ClN/c1-11(9-12-3-2-8-16-10-12)13-4-6-14(15)7-5-13/h4-7,11-12,16H,2-3,8-10H2,1H3.